The van der Waals surface area contributed by atoms with E-state index in [1.165, 1.54) is 5.56 Å². The Kier molecular flexibility index (Phi) is 6.15. The second kappa shape index (κ2) is 8.69. The minimum Gasteiger partial charge on any atom is -0.396 e. The molecular weight excluding hydrogens is 392 g/mol. The molecule has 166 valence electrons. The first-order valence-electron chi connectivity index (χ1n) is 11.1. The summed E-state index contributed by atoms with van der Waals surface area (Å²) in [5.41, 5.74) is 0.242. The molecule has 2 aliphatic heterocycles. The predicted molar refractivity (Wildman–Crippen MR) is 118 cm³/mol. The lowest BCUT2D eigenvalue weighted by molar-refractivity contribution is -0.225. The van der Waals surface area contributed by atoms with Gasteiger partial charge in [0.1, 0.15) is 11.8 Å². The molecule has 6 heteroatoms. The van der Waals surface area contributed by atoms with Gasteiger partial charge in [0.2, 0.25) is 0 Å². The number of carbonyl (C=O) groups excluding carboxylic acids is 1. The third-order valence-electron chi connectivity index (χ3n) is 7.15. The number of pyridine rings is 1. The van der Waals surface area contributed by atoms with Crippen molar-refractivity contribution in [2.24, 2.45) is 0 Å². The number of hydrogen-bond donors (Lipinski definition) is 2. The summed E-state index contributed by atoms with van der Waals surface area (Å²) in [6.07, 6.45) is 4.00. The van der Waals surface area contributed by atoms with Crippen LogP contribution in [-0.4, -0.2) is 63.0 Å². The molecule has 1 aromatic carbocycles. The normalized spacial score (nSPS) is 32.8. The Hall–Kier alpha value is -2.28. The molecule has 2 fully saturated rings. The number of ether oxygens (including phenoxy) is 1. The molecule has 31 heavy (non-hydrogen) atoms. The summed E-state index contributed by atoms with van der Waals surface area (Å²) in [4.78, 5) is 18.9. The fourth-order valence-corrected chi connectivity index (χ4v) is 5.57. The van der Waals surface area contributed by atoms with Crippen LogP contribution >= 0.6 is 0 Å². The summed E-state index contributed by atoms with van der Waals surface area (Å²) < 4.78 is 6.63. The van der Waals surface area contributed by atoms with Crippen LogP contribution in [0.4, 0.5) is 0 Å². The van der Waals surface area contributed by atoms with Gasteiger partial charge in [-0.2, -0.15) is 0 Å². The van der Waals surface area contributed by atoms with E-state index >= 15 is 0 Å². The van der Waals surface area contributed by atoms with Crippen LogP contribution in [0.25, 0.3) is 0 Å². The number of benzene rings is 1. The van der Waals surface area contributed by atoms with Crippen molar-refractivity contribution in [1.29, 1.82) is 0 Å². The van der Waals surface area contributed by atoms with Gasteiger partial charge >= 0.3 is 0 Å². The van der Waals surface area contributed by atoms with Gasteiger partial charge in [0.15, 0.2) is 0 Å². The zero-order valence-electron chi connectivity index (χ0n) is 18.3. The maximum atomic E-state index is 13.1. The third-order valence-corrected chi connectivity index (χ3v) is 7.15. The van der Waals surface area contributed by atoms with Gasteiger partial charge in [-0.25, -0.2) is 0 Å². The number of aliphatic hydroxyl groups excluding tert-OH is 2. The van der Waals surface area contributed by atoms with Crippen LogP contribution in [0, 0.1) is 0 Å². The van der Waals surface area contributed by atoms with Crippen molar-refractivity contribution in [3.8, 4) is 0 Å². The summed E-state index contributed by atoms with van der Waals surface area (Å²) in [6.45, 7) is 1.98. The highest BCUT2D eigenvalue weighted by Gasteiger charge is 2.55. The molecule has 2 N–H and O–H groups in total. The molecule has 2 aromatic rings. The van der Waals surface area contributed by atoms with E-state index in [9.17, 15) is 15.0 Å². The van der Waals surface area contributed by atoms with Gasteiger partial charge < -0.3 is 19.8 Å². The maximum Gasteiger partial charge on any atom is 0.272 e. The number of carbonyl (C=O) groups is 1. The van der Waals surface area contributed by atoms with Gasteiger partial charge in [-0.05, 0) is 62.6 Å². The molecule has 4 rings (SSSR count). The molecule has 5 atom stereocenters. The number of likely N-dealkylation sites (N-methyl/N-ethyl adjacent to an activating group) is 1. The molecule has 0 saturated carbocycles. The summed E-state index contributed by atoms with van der Waals surface area (Å²) in [5, 5.41) is 21.4. The molecule has 0 spiro atoms. The quantitative estimate of drug-likeness (QED) is 0.771. The van der Waals surface area contributed by atoms with Gasteiger partial charge in [0.05, 0.1) is 17.2 Å². The van der Waals surface area contributed by atoms with Crippen LogP contribution in [0.2, 0.25) is 0 Å². The zero-order chi connectivity index (χ0) is 22.1. The summed E-state index contributed by atoms with van der Waals surface area (Å²) in [6, 6.07) is 15.2. The average Bonchev–Trinajstić information content (AvgIpc) is 2.86. The molecule has 1 amide bonds. The average molecular weight is 425 g/mol. The van der Waals surface area contributed by atoms with Crippen molar-refractivity contribution in [1.82, 2.24) is 9.88 Å². The standard InChI is InChI=1S/C25H32N2O4/c1-24-16-19(18-8-4-3-5-9-18)17-25(31-24,13-15-28)12-11-21(22(24)29)27(2)23(30)20-10-6-7-14-26-20/h3-10,14,19,21-22,28-29H,11-13,15-17H2,1-2H3/t19-,21+,22-,24+,25-/m1/s1. The van der Waals surface area contributed by atoms with Crippen molar-refractivity contribution in [3.63, 3.8) is 0 Å². The van der Waals surface area contributed by atoms with E-state index in [0.29, 0.717) is 31.4 Å². The molecule has 0 aliphatic carbocycles. The molecule has 0 radical (unpaired) electrons. The Morgan fingerprint density at radius 2 is 1.94 bits per heavy atom. The van der Waals surface area contributed by atoms with Crippen LogP contribution in [0.1, 0.15) is 61.0 Å². The largest absolute Gasteiger partial charge is 0.396 e. The number of rotatable bonds is 5. The second-order valence-corrected chi connectivity index (χ2v) is 9.27. The number of nitrogens with zero attached hydrogens (tertiary/aromatic N) is 2. The predicted octanol–water partition coefficient (Wildman–Crippen LogP) is 3.15. The van der Waals surface area contributed by atoms with E-state index < -0.39 is 23.3 Å². The number of amides is 1. The molecule has 1 aromatic heterocycles. The molecule has 2 saturated heterocycles. The molecule has 0 unspecified atom stereocenters. The van der Waals surface area contributed by atoms with Crippen molar-refractivity contribution >= 4 is 5.91 Å². The van der Waals surface area contributed by atoms with E-state index in [4.69, 9.17) is 4.74 Å². The molecular formula is C25H32N2O4. The first kappa shape index (κ1) is 21.9. The zero-order valence-corrected chi connectivity index (χ0v) is 18.3. The highest BCUT2D eigenvalue weighted by Crippen LogP contribution is 2.51. The first-order valence-corrected chi connectivity index (χ1v) is 11.1. The Morgan fingerprint density at radius 1 is 1.19 bits per heavy atom. The topological polar surface area (TPSA) is 82.9 Å². The summed E-state index contributed by atoms with van der Waals surface area (Å²) >= 11 is 0. The van der Waals surface area contributed by atoms with Gasteiger partial charge in [-0.3, -0.25) is 9.78 Å². The van der Waals surface area contributed by atoms with Crippen molar-refractivity contribution in [2.75, 3.05) is 13.7 Å². The Balaban J connectivity index is 1.66. The van der Waals surface area contributed by atoms with Crippen molar-refractivity contribution < 1.29 is 19.7 Å². The first-order chi connectivity index (χ1) is 14.9. The number of aromatic nitrogens is 1. The smallest absolute Gasteiger partial charge is 0.272 e. The van der Waals surface area contributed by atoms with Gasteiger partial charge in [0, 0.05) is 19.9 Å². The molecule has 2 aliphatic rings. The molecule has 3 heterocycles. The van der Waals surface area contributed by atoms with Crippen molar-refractivity contribution in [3.05, 3.63) is 66.0 Å². The van der Waals surface area contributed by atoms with E-state index in [1.54, 1.807) is 36.3 Å². The van der Waals surface area contributed by atoms with E-state index in [2.05, 4.69) is 17.1 Å². The third kappa shape index (κ3) is 4.25. The summed E-state index contributed by atoms with van der Waals surface area (Å²) in [7, 11) is 1.73. The lowest BCUT2D eigenvalue weighted by Gasteiger charge is -2.50. The fourth-order valence-electron chi connectivity index (χ4n) is 5.57. The highest BCUT2D eigenvalue weighted by molar-refractivity contribution is 5.92. The van der Waals surface area contributed by atoms with Gasteiger partial charge in [-0.15, -0.1) is 0 Å². The Labute approximate surface area is 183 Å². The minimum atomic E-state index is -0.850. The van der Waals surface area contributed by atoms with E-state index in [0.717, 1.165) is 6.42 Å². The maximum absolute atomic E-state index is 13.1. The minimum absolute atomic E-state index is 0.0288. The Morgan fingerprint density at radius 3 is 2.61 bits per heavy atom. The SMILES string of the molecule is CN(C(=O)c1ccccn1)[C@H]1CC[C@@]2(CCO)C[C@H](c3ccccc3)C[C@](C)(O2)[C@@H]1O. The van der Waals surface area contributed by atoms with E-state index in [-0.39, 0.29) is 18.4 Å². The van der Waals surface area contributed by atoms with Crippen LogP contribution in [0.3, 0.4) is 0 Å². The van der Waals surface area contributed by atoms with Crippen LogP contribution in [0.5, 0.6) is 0 Å². The van der Waals surface area contributed by atoms with Crippen LogP contribution in [0.15, 0.2) is 54.7 Å². The lowest BCUT2D eigenvalue weighted by atomic mass is 9.73. The molecule has 2 bridgehead atoms. The number of aliphatic hydroxyl groups is 2. The lowest BCUT2D eigenvalue weighted by Crippen LogP contribution is -2.58. The second-order valence-electron chi connectivity index (χ2n) is 9.27. The summed E-state index contributed by atoms with van der Waals surface area (Å²) in [5.74, 6) is 0.0113. The fraction of sp³-hybridized carbons (Fsp3) is 0.520. The van der Waals surface area contributed by atoms with Gasteiger partial charge in [-0.1, -0.05) is 36.4 Å². The van der Waals surface area contributed by atoms with Crippen molar-refractivity contribution in [2.45, 2.75) is 68.3 Å². The van der Waals surface area contributed by atoms with E-state index in [1.807, 2.05) is 25.1 Å². The number of fused-ring (bicyclic) bond motifs is 2. The highest BCUT2D eigenvalue weighted by atomic mass is 16.5. The number of hydrogen-bond acceptors (Lipinski definition) is 5. The molecule has 6 nitrogen and oxygen atoms in total. The van der Waals surface area contributed by atoms with Crippen LogP contribution < -0.4 is 0 Å². The Bertz CT molecular complexity index is 893. The van der Waals surface area contributed by atoms with Crippen LogP contribution in [-0.2, 0) is 4.74 Å². The van der Waals surface area contributed by atoms with Gasteiger partial charge in [0.25, 0.3) is 5.91 Å². The monoisotopic (exact) mass is 424 g/mol.